The molecule has 7 heteroatoms. The van der Waals surface area contributed by atoms with Gasteiger partial charge in [-0.05, 0) is 30.0 Å². The number of rotatable bonds is 3. The summed E-state index contributed by atoms with van der Waals surface area (Å²) < 4.78 is 0. The quantitative estimate of drug-likeness (QED) is 0.770. The number of carbonyl (C=O) groups excluding carboxylic acids is 2. The predicted molar refractivity (Wildman–Crippen MR) is 100 cm³/mol. The van der Waals surface area contributed by atoms with E-state index in [0.29, 0.717) is 17.0 Å². The van der Waals surface area contributed by atoms with Crippen molar-refractivity contribution in [2.75, 3.05) is 4.90 Å². The lowest BCUT2D eigenvalue weighted by molar-refractivity contribution is -0.119. The van der Waals surface area contributed by atoms with E-state index in [1.165, 1.54) is 16.2 Å². The Hall–Kier alpha value is -2.51. The van der Waals surface area contributed by atoms with Crippen LogP contribution in [0.5, 0.6) is 0 Å². The number of nitrogens with two attached hydrogens (primary N) is 1. The molecule has 0 aliphatic carbocycles. The number of amides is 2. The molecule has 0 saturated carbocycles. The maximum atomic E-state index is 13.2. The van der Waals surface area contributed by atoms with Gasteiger partial charge in [0, 0.05) is 23.1 Å². The van der Waals surface area contributed by atoms with E-state index < -0.39 is 11.9 Å². The van der Waals surface area contributed by atoms with Crippen molar-refractivity contribution in [1.29, 1.82) is 0 Å². The maximum absolute atomic E-state index is 13.2. The zero-order valence-corrected chi connectivity index (χ0v) is 15.1. The molecule has 126 valence electrons. The summed E-state index contributed by atoms with van der Waals surface area (Å²) in [6, 6.07) is 8.86. The third kappa shape index (κ3) is 2.65. The number of fused-ring (bicyclic) bond motifs is 1. The van der Waals surface area contributed by atoms with Gasteiger partial charge < -0.3 is 5.73 Å². The van der Waals surface area contributed by atoms with Crippen LogP contribution in [0.4, 0.5) is 5.69 Å². The lowest BCUT2D eigenvalue weighted by Gasteiger charge is -2.22. The molecule has 2 amide bonds. The van der Waals surface area contributed by atoms with Crippen molar-refractivity contribution >= 4 is 40.2 Å². The summed E-state index contributed by atoms with van der Waals surface area (Å²) in [4.78, 5) is 31.7. The van der Waals surface area contributed by atoms with Crippen LogP contribution >= 0.6 is 22.7 Å². The monoisotopic (exact) mass is 369 g/mol. The van der Waals surface area contributed by atoms with Gasteiger partial charge in [0.25, 0.3) is 5.91 Å². The van der Waals surface area contributed by atoms with Gasteiger partial charge in [-0.25, -0.2) is 4.98 Å². The molecule has 3 aromatic rings. The van der Waals surface area contributed by atoms with Crippen LogP contribution in [0.3, 0.4) is 0 Å². The fraction of sp³-hybridized carbons (Fsp3) is 0.167. The molecule has 0 radical (unpaired) electrons. The second-order valence-electron chi connectivity index (χ2n) is 5.87. The Morgan fingerprint density at radius 3 is 2.80 bits per heavy atom. The van der Waals surface area contributed by atoms with Gasteiger partial charge in [0.15, 0.2) is 0 Å². The average molecular weight is 369 g/mol. The third-order valence-electron chi connectivity index (χ3n) is 4.28. The lowest BCUT2D eigenvalue weighted by atomic mass is 10.1. The SMILES string of the molecule is Cc1nc(-c2ccsc2)sc1C(=O)N1c2ccccc2C[C@H]1C(N)=O. The summed E-state index contributed by atoms with van der Waals surface area (Å²) >= 11 is 2.94. The molecule has 2 N–H and O–H groups in total. The standard InChI is InChI=1S/C18H15N3O2S2/c1-10-15(25-17(20-10)12-6-7-24-9-12)18(23)21-13-5-3-2-4-11(13)8-14(21)16(19)22/h2-7,9,14H,8H2,1H3,(H2,19,22)/t14-/m0/s1. The average Bonchev–Trinajstić information content (AvgIpc) is 3.31. The van der Waals surface area contributed by atoms with E-state index in [0.717, 1.165) is 21.8 Å². The van der Waals surface area contributed by atoms with Crippen LogP contribution in [0, 0.1) is 6.92 Å². The Labute approximate surface area is 152 Å². The first-order chi connectivity index (χ1) is 12.1. The molecule has 0 saturated heterocycles. The molecule has 25 heavy (non-hydrogen) atoms. The minimum Gasteiger partial charge on any atom is -0.368 e. The molecular formula is C18H15N3O2S2. The van der Waals surface area contributed by atoms with Crippen molar-refractivity contribution in [2.24, 2.45) is 5.73 Å². The fourth-order valence-corrected chi connectivity index (χ4v) is 4.79. The highest BCUT2D eigenvalue weighted by atomic mass is 32.1. The molecule has 1 atom stereocenters. The highest BCUT2D eigenvalue weighted by Gasteiger charge is 2.38. The molecule has 1 aliphatic rings. The Balaban J connectivity index is 1.76. The van der Waals surface area contributed by atoms with Crippen molar-refractivity contribution in [1.82, 2.24) is 4.98 Å². The molecule has 1 aromatic carbocycles. The van der Waals surface area contributed by atoms with E-state index in [1.807, 2.05) is 48.0 Å². The Morgan fingerprint density at radius 2 is 2.08 bits per heavy atom. The zero-order chi connectivity index (χ0) is 17.6. The van der Waals surface area contributed by atoms with E-state index in [2.05, 4.69) is 4.98 Å². The largest absolute Gasteiger partial charge is 0.368 e. The predicted octanol–water partition coefficient (Wildman–Crippen LogP) is 3.24. The molecule has 0 unspecified atom stereocenters. The zero-order valence-electron chi connectivity index (χ0n) is 13.4. The van der Waals surface area contributed by atoms with E-state index in [9.17, 15) is 9.59 Å². The van der Waals surface area contributed by atoms with Crippen molar-refractivity contribution in [3.05, 3.63) is 57.2 Å². The number of nitrogens with zero attached hydrogens (tertiary/aromatic N) is 2. The Bertz CT molecular complexity index is 963. The van der Waals surface area contributed by atoms with Crippen LogP contribution in [-0.2, 0) is 11.2 Å². The molecule has 4 rings (SSSR count). The van der Waals surface area contributed by atoms with Gasteiger partial charge in [-0.2, -0.15) is 11.3 Å². The number of primary amides is 1. The van der Waals surface area contributed by atoms with Gasteiger partial charge in [-0.15, -0.1) is 11.3 Å². The Morgan fingerprint density at radius 1 is 1.28 bits per heavy atom. The number of anilines is 1. The van der Waals surface area contributed by atoms with Crippen LogP contribution in [0.2, 0.25) is 0 Å². The fourth-order valence-electron chi connectivity index (χ4n) is 3.08. The summed E-state index contributed by atoms with van der Waals surface area (Å²) in [5.74, 6) is -0.713. The van der Waals surface area contributed by atoms with Gasteiger partial charge in [-0.3, -0.25) is 14.5 Å². The topological polar surface area (TPSA) is 76.3 Å². The van der Waals surface area contributed by atoms with Gasteiger partial charge in [-0.1, -0.05) is 18.2 Å². The summed E-state index contributed by atoms with van der Waals surface area (Å²) in [5.41, 5.74) is 8.94. The molecular weight excluding hydrogens is 354 g/mol. The van der Waals surface area contributed by atoms with Crippen molar-refractivity contribution < 1.29 is 9.59 Å². The second kappa shape index (κ2) is 6.09. The van der Waals surface area contributed by atoms with Crippen molar-refractivity contribution in [3.63, 3.8) is 0 Å². The second-order valence-corrected chi connectivity index (χ2v) is 7.65. The van der Waals surface area contributed by atoms with Crippen LogP contribution in [0.15, 0.2) is 41.1 Å². The molecule has 2 aromatic heterocycles. The maximum Gasteiger partial charge on any atom is 0.271 e. The van der Waals surface area contributed by atoms with Gasteiger partial charge in [0.2, 0.25) is 5.91 Å². The highest BCUT2D eigenvalue weighted by Crippen LogP contribution is 2.36. The first kappa shape index (κ1) is 16.0. The number of para-hydroxylation sites is 1. The number of thiazole rings is 1. The van der Waals surface area contributed by atoms with E-state index in [4.69, 9.17) is 5.73 Å². The molecule has 1 aliphatic heterocycles. The minimum atomic E-state index is -0.656. The smallest absolute Gasteiger partial charge is 0.271 e. The third-order valence-corrected chi connectivity index (χ3v) is 6.16. The molecule has 0 fully saturated rings. The van der Waals surface area contributed by atoms with Crippen LogP contribution < -0.4 is 10.6 Å². The van der Waals surface area contributed by atoms with E-state index in [-0.39, 0.29) is 5.91 Å². The van der Waals surface area contributed by atoms with Crippen LogP contribution in [0.25, 0.3) is 10.6 Å². The first-order valence-corrected chi connectivity index (χ1v) is 9.53. The normalized spacial score (nSPS) is 16.0. The van der Waals surface area contributed by atoms with Crippen molar-refractivity contribution in [2.45, 2.75) is 19.4 Å². The number of aromatic nitrogens is 1. The summed E-state index contributed by atoms with van der Waals surface area (Å²) in [7, 11) is 0. The van der Waals surface area contributed by atoms with Crippen LogP contribution in [-0.4, -0.2) is 22.8 Å². The number of carbonyl (C=O) groups is 2. The minimum absolute atomic E-state index is 0.217. The first-order valence-electron chi connectivity index (χ1n) is 7.77. The molecule has 0 bridgehead atoms. The lowest BCUT2D eigenvalue weighted by Crippen LogP contribution is -2.46. The van der Waals surface area contributed by atoms with E-state index in [1.54, 1.807) is 11.3 Å². The number of hydrogen-bond acceptors (Lipinski definition) is 5. The molecule has 5 nitrogen and oxygen atoms in total. The molecule has 0 spiro atoms. The Kier molecular flexibility index (Phi) is 3.89. The van der Waals surface area contributed by atoms with Gasteiger partial charge >= 0.3 is 0 Å². The molecule has 3 heterocycles. The van der Waals surface area contributed by atoms with Gasteiger partial charge in [0.05, 0.1) is 5.69 Å². The van der Waals surface area contributed by atoms with Crippen LogP contribution in [0.1, 0.15) is 20.9 Å². The number of aryl methyl sites for hydroxylation is 1. The number of thiophene rings is 1. The summed E-state index contributed by atoms with van der Waals surface area (Å²) in [6.07, 6.45) is 0.451. The number of benzene rings is 1. The summed E-state index contributed by atoms with van der Waals surface area (Å²) in [6.45, 7) is 1.82. The number of hydrogen-bond donors (Lipinski definition) is 1. The highest BCUT2D eigenvalue weighted by molar-refractivity contribution is 7.17. The van der Waals surface area contributed by atoms with Crippen molar-refractivity contribution in [3.8, 4) is 10.6 Å². The van der Waals surface area contributed by atoms with E-state index >= 15 is 0 Å². The van der Waals surface area contributed by atoms with Gasteiger partial charge in [0.1, 0.15) is 15.9 Å². The summed E-state index contributed by atoms with van der Waals surface area (Å²) in [5, 5.41) is 4.79.